The minimum absolute atomic E-state index is 0.0855. The summed E-state index contributed by atoms with van der Waals surface area (Å²) in [4.78, 5) is 23.4. The monoisotopic (exact) mass is 325 g/mol. The lowest BCUT2D eigenvalue weighted by Gasteiger charge is -2.09. The van der Waals surface area contributed by atoms with Crippen molar-refractivity contribution in [2.45, 2.75) is 19.8 Å². The van der Waals surface area contributed by atoms with Crippen LogP contribution in [0.15, 0.2) is 24.3 Å². The first-order chi connectivity index (χ1) is 10.4. The first-order valence-electron chi connectivity index (χ1n) is 7.17. The Labute approximate surface area is 129 Å². The molecule has 1 saturated heterocycles. The number of benzene rings is 1. The van der Waals surface area contributed by atoms with Gasteiger partial charge in [0, 0.05) is 12.1 Å². The number of hydrogen-bond donors (Lipinski definition) is 1. The van der Waals surface area contributed by atoms with Crippen molar-refractivity contribution in [3.05, 3.63) is 29.8 Å². The summed E-state index contributed by atoms with van der Waals surface area (Å²) in [6.45, 7) is 2.04. The second-order valence-corrected chi connectivity index (χ2v) is 7.55. The van der Waals surface area contributed by atoms with Gasteiger partial charge < -0.3 is 10.1 Å². The molecule has 1 fully saturated rings. The van der Waals surface area contributed by atoms with E-state index >= 15 is 0 Å². The molecule has 1 atom stereocenters. The van der Waals surface area contributed by atoms with Crippen molar-refractivity contribution < 1.29 is 22.7 Å². The van der Waals surface area contributed by atoms with Gasteiger partial charge in [0.1, 0.15) is 0 Å². The smallest absolute Gasteiger partial charge is 0.338 e. The van der Waals surface area contributed by atoms with Gasteiger partial charge in [0.25, 0.3) is 0 Å². The van der Waals surface area contributed by atoms with Crippen molar-refractivity contribution in [1.29, 1.82) is 0 Å². The van der Waals surface area contributed by atoms with E-state index in [2.05, 4.69) is 5.32 Å². The molecule has 1 amide bonds. The fraction of sp³-hybridized carbons (Fsp3) is 0.467. The molecule has 6 nitrogen and oxygen atoms in total. The Balaban J connectivity index is 1.88. The van der Waals surface area contributed by atoms with Crippen molar-refractivity contribution in [2.24, 2.45) is 5.92 Å². The number of hydrogen-bond acceptors (Lipinski definition) is 5. The number of rotatable bonds is 5. The van der Waals surface area contributed by atoms with E-state index in [9.17, 15) is 18.0 Å². The number of carbonyl (C=O) groups is 2. The maximum Gasteiger partial charge on any atom is 0.338 e. The van der Waals surface area contributed by atoms with E-state index in [1.165, 1.54) is 0 Å². The molecular formula is C15H19NO5S. The van der Waals surface area contributed by atoms with Crippen LogP contribution >= 0.6 is 0 Å². The zero-order chi connectivity index (χ0) is 16.2. The molecule has 0 unspecified atom stereocenters. The number of ether oxygens (including phenoxy) is 1. The molecular weight excluding hydrogens is 306 g/mol. The summed E-state index contributed by atoms with van der Waals surface area (Å²) >= 11 is 0. The van der Waals surface area contributed by atoms with Crippen LogP contribution < -0.4 is 5.32 Å². The Kier molecular flexibility index (Phi) is 5.18. The molecule has 0 spiro atoms. The number of esters is 1. The Morgan fingerprint density at radius 1 is 1.27 bits per heavy atom. The lowest BCUT2D eigenvalue weighted by Crippen LogP contribution is -2.17. The van der Waals surface area contributed by atoms with E-state index in [1.807, 2.05) is 0 Å². The number of anilines is 1. The Morgan fingerprint density at radius 3 is 2.50 bits per heavy atom. The largest absolute Gasteiger partial charge is 0.462 e. The highest BCUT2D eigenvalue weighted by Gasteiger charge is 2.29. The highest BCUT2D eigenvalue weighted by molar-refractivity contribution is 7.91. The fourth-order valence-electron chi connectivity index (χ4n) is 2.41. The molecule has 1 aromatic carbocycles. The van der Waals surface area contributed by atoms with Crippen molar-refractivity contribution >= 4 is 27.4 Å². The molecule has 120 valence electrons. The standard InChI is InChI=1S/C15H19NO5S/c1-2-21-15(18)12-3-5-13(6-4-12)16-14(17)9-11-7-8-22(19,20)10-11/h3-6,11H,2,7-10H2,1H3,(H,16,17)/t11-/m1/s1. The van der Waals surface area contributed by atoms with Crippen molar-refractivity contribution in [3.8, 4) is 0 Å². The molecule has 1 heterocycles. The molecule has 1 aliphatic rings. The van der Waals surface area contributed by atoms with Crippen LogP contribution in [0.1, 0.15) is 30.1 Å². The van der Waals surface area contributed by atoms with Crippen LogP contribution in [-0.4, -0.2) is 38.4 Å². The number of amides is 1. The molecule has 1 N–H and O–H groups in total. The average Bonchev–Trinajstić information content (AvgIpc) is 2.78. The van der Waals surface area contributed by atoms with Crippen LogP contribution in [0.25, 0.3) is 0 Å². The zero-order valence-electron chi connectivity index (χ0n) is 12.4. The first kappa shape index (κ1) is 16.5. The molecule has 7 heteroatoms. The molecule has 2 rings (SSSR count). The normalized spacial score (nSPS) is 19.6. The summed E-state index contributed by atoms with van der Waals surface area (Å²) in [5.41, 5.74) is 0.987. The molecule has 0 radical (unpaired) electrons. The SMILES string of the molecule is CCOC(=O)c1ccc(NC(=O)C[C@H]2CCS(=O)(=O)C2)cc1. The molecule has 1 aromatic rings. The van der Waals surface area contributed by atoms with Gasteiger partial charge in [0.2, 0.25) is 5.91 Å². The lowest BCUT2D eigenvalue weighted by molar-refractivity contribution is -0.116. The predicted molar refractivity (Wildman–Crippen MR) is 82.4 cm³/mol. The fourth-order valence-corrected chi connectivity index (χ4v) is 4.27. The summed E-state index contributed by atoms with van der Waals surface area (Å²) in [7, 11) is -2.97. The molecule has 22 heavy (non-hydrogen) atoms. The maximum atomic E-state index is 11.9. The van der Waals surface area contributed by atoms with Gasteiger partial charge in [-0.25, -0.2) is 13.2 Å². The van der Waals surface area contributed by atoms with E-state index in [0.717, 1.165) is 0 Å². The molecule has 1 aliphatic heterocycles. The number of nitrogens with one attached hydrogen (secondary N) is 1. The van der Waals surface area contributed by atoms with Crippen molar-refractivity contribution in [3.63, 3.8) is 0 Å². The second-order valence-electron chi connectivity index (χ2n) is 5.32. The first-order valence-corrected chi connectivity index (χ1v) is 8.99. The van der Waals surface area contributed by atoms with E-state index < -0.39 is 15.8 Å². The minimum Gasteiger partial charge on any atom is -0.462 e. The van der Waals surface area contributed by atoms with Crippen molar-refractivity contribution in [1.82, 2.24) is 0 Å². The molecule has 0 aromatic heterocycles. The molecule has 0 bridgehead atoms. The van der Waals surface area contributed by atoms with Gasteiger partial charge in [0.05, 0.1) is 23.7 Å². The highest BCUT2D eigenvalue weighted by Crippen LogP contribution is 2.22. The third-order valence-electron chi connectivity index (χ3n) is 3.48. The molecule has 0 saturated carbocycles. The predicted octanol–water partition coefficient (Wildman–Crippen LogP) is 1.63. The Morgan fingerprint density at radius 2 is 1.95 bits per heavy atom. The van der Waals surface area contributed by atoms with E-state index in [0.29, 0.717) is 24.3 Å². The van der Waals surface area contributed by atoms with Crippen LogP contribution in [-0.2, 0) is 19.4 Å². The van der Waals surface area contributed by atoms with Crippen LogP contribution in [0, 0.1) is 5.92 Å². The van der Waals surface area contributed by atoms with Gasteiger partial charge in [-0.15, -0.1) is 0 Å². The van der Waals surface area contributed by atoms with Crippen LogP contribution in [0.5, 0.6) is 0 Å². The third kappa shape index (κ3) is 4.56. The Hall–Kier alpha value is -1.89. The van der Waals surface area contributed by atoms with Gasteiger partial charge in [-0.05, 0) is 43.5 Å². The minimum atomic E-state index is -2.97. The maximum absolute atomic E-state index is 11.9. The summed E-state index contributed by atoms with van der Waals surface area (Å²) in [5.74, 6) is -0.479. The highest BCUT2D eigenvalue weighted by atomic mass is 32.2. The van der Waals surface area contributed by atoms with E-state index in [4.69, 9.17) is 4.74 Å². The van der Waals surface area contributed by atoms with Gasteiger partial charge in [-0.1, -0.05) is 0 Å². The summed E-state index contributed by atoms with van der Waals surface area (Å²) in [6, 6.07) is 6.40. The van der Waals surface area contributed by atoms with Crippen LogP contribution in [0.4, 0.5) is 5.69 Å². The van der Waals surface area contributed by atoms with Gasteiger partial charge in [0.15, 0.2) is 9.84 Å². The second kappa shape index (κ2) is 6.91. The number of carbonyl (C=O) groups excluding carboxylic acids is 2. The summed E-state index contributed by atoms with van der Waals surface area (Å²) in [6.07, 6.45) is 0.733. The van der Waals surface area contributed by atoms with Crippen LogP contribution in [0.2, 0.25) is 0 Å². The van der Waals surface area contributed by atoms with Crippen molar-refractivity contribution in [2.75, 3.05) is 23.4 Å². The van der Waals surface area contributed by atoms with Gasteiger partial charge in [-0.2, -0.15) is 0 Å². The Bertz CT molecular complexity index is 651. The van der Waals surface area contributed by atoms with E-state index in [-0.39, 0.29) is 29.8 Å². The van der Waals surface area contributed by atoms with Gasteiger partial charge >= 0.3 is 5.97 Å². The lowest BCUT2D eigenvalue weighted by atomic mass is 10.0. The quantitative estimate of drug-likeness (QED) is 0.831. The van der Waals surface area contributed by atoms with Crippen LogP contribution in [0.3, 0.4) is 0 Å². The third-order valence-corrected chi connectivity index (χ3v) is 5.32. The summed E-state index contributed by atoms with van der Waals surface area (Å²) < 4.78 is 27.6. The average molecular weight is 325 g/mol. The number of sulfone groups is 1. The molecule has 0 aliphatic carbocycles. The zero-order valence-corrected chi connectivity index (χ0v) is 13.2. The topological polar surface area (TPSA) is 89.5 Å². The van der Waals surface area contributed by atoms with Gasteiger partial charge in [-0.3, -0.25) is 4.79 Å². The summed E-state index contributed by atoms with van der Waals surface area (Å²) in [5, 5.41) is 2.71. The van der Waals surface area contributed by atoms with E-state index in [1.54, 1.807) is 31.2 Å².